The molecule has 1 aliphatic rings. The molecular weight excluding hydrogens is 556 g/mol. The highest BCUT2D eigenvalue weighted by Gasteiger charge is 2.05. The highest BCUT2D eigenvalue weighted by Crippen LogP contribution is 2.17. The summed E-state index contributed by atoms with van der Waals surface area (Å²) < 4.78 is 0. The largest absolute Gasteiger partial charge is 0.508 e. The molecule has 0 heterocycles. The first-order valence-corrected chi connectivity index (χ1v) is 14.8. The summed E-state index contributed by atoms with van der Waals surface area (Å²) in [6.07, 6.45) is 21.2. The Labute approximate surface area is 262 Å². The molecule has 44 heavy (non-hydrogen) atoms. The second-order valence-corrected chi connectivity index (χ2v) is 10.8. The van der Waals surface area contributed by atoms with Crippen molar-refractivity contribution in [3.8, 4) is 0 Å². The third kappa shape index (κ3) is 14.7. The zero-order chi connectivity index (χ0) is 33.2. The second kappa shape index (κ2) is 19.8. The maximum atomic E-state index is 10.4. The maximum Gasteiger partial charge on any atom is 0.114 e. The van der Waals surface area contributed by atoms with Gasteiger partial charge in [-0.25, -0.2) is 0 Å². The standard InChI is InChI=1S/C37H50O7/c1-25-12-7-17-32(39)26(2)13-9-19-34(41)28(4)15-11-21-36(43)30(6)24-31(38)22-23-37(44)29(5)16-10-20-35(42)27(3)14-8-18-33(25)40/h12-21,23-24,31,38-44H,7-11,22H2,1-6H3/b25-12-,26-13?,27-14-,28-15-,29-16-,30-24-,32-17?,33-18+,34-19+,35-20+,36-21+,37-23+. The minimum Gasteiger partial charge on any atom is -0.508 e. The molecule has 0 radical (unpaired) electrons. The van der Waals surface area contributed by atoms with Gasteiger partial charge >= 0.3 is 0 Å². The molecule has 0 saturated heterocycles. The molecule has 0 aromatic rings. The van der Waals surface area contributed by atoms with E-state index in [1.807, 2.05) is 0 Å². The van der Waals surface area contributed by atoms with Crippen LogP contribution in [0, 0.1) is 0 Å². The summed E-state index contributed by atoms with van der Waals surface area (Å²) in [6.45, 7) is 10.5. The number of aliphatic hydroxyl groups excluding tert-OH is 7. The molecule has 1 atom stereocenters. The fraction of sp³-hybridized carbons (Fsp3) is 0.351. The zero-order valence-corrected chi connectivity index (χ0v) is 26.9. The zero-order valence-electron chi connectivity index (χ0n) is 26.9. The molecule has 0 bridgehead atoms. The van der Waals surface area contributed by atoms with Crippen LogP contribution in [-0.4, -0.2) is 41.8 Å². The predicted octanol–water partition coefficient (Wildman–Crippen LogP) is 10.0. The number of hydrogen-bond acceptors (Lipinski definition) is 7. The van der Waals surface area contributed by atoms with E-state index in [4.69, 9.17) is 0 Å². The summed E-state index contributed by atoms with van der Waals surface area (Å²) >= 11 is 0. The van der Waals surface area contributed by atoms with E-state index in [9.17, 15) is 35.7 Å². The summed E-state index contributed by atoms with van der Waals surface area (Å²) in [6, 6.07) is 0. The highest BCUT2D eigenvalue weighted by atomic mass is 16.3. The van der Waals surface area contributed by atoms with Gasteiger partial charge in [-0.05, 0) is 156 Å². The Bertz CT molecular complexity index is 1370. The monoisotopic (exact) mass is 606 g/mol. The van der Waals surface area contributed by atoms with Gasteiger partial charge in [0, 0.05) is 0 Å². The van der Waals surface area contributed by atoms with Crippen molar-refractivity contribution in [1.29, 1.82) is 0 Å². The molecule has 0 spiro atoms. The van der Waals surface area contributed by atoms with Crippen LogP contribution >= 0.6 is 0 Å². The van der Waals surface area contributed by atoms with E-state index in [0.717, 1.165) is 0 Å². The predicted molar refractivity (Wildman–Crippen MR) is 181 cm³/mol. The summed E-state index contributed by atoms with van der Waals surface area (Å²) in [5.74, 6) is 0.426. The molecule has 1 rings (SSSR count). The molecule has 0 saturated carbocycles. The Hall–Kier alpha value is -4.36. The van der Waals surface area contributed by atoms with E-state index in [1.165, 1.54) is 12.2 Å². The minimum absolute atomic E-state index is 0.00371. The molecule has 7 N–H and O–H groups in total. The Morgan fingerprint density at radius 1 is 0.364 bits per heavy atom. The van der Waals surface area contributed by atoms with Crippen molar-refractivity contribution in [3.63, 3.8) is 0 Å². The molecule has 0 aromatic heterocycles. The van der Waals surface area contributed by atoms with Gasteiger partial charge in [-0.1, -0.05) is 30.4 Å². The molecule has 1 aliphatic carbocycles. The van der Waals surface area contributed by atoms with Crippen LogP contribution in [0.25, 0.3) is 0 Å². The molecule has 1 unspecified atom stereocenters. The van der Waals surface area contributed by atoms with Crippen LogP contribution in [0.5, 0.6) is 0 Å². The third-order valence-corrected chi connectivity index (χ3v) is 7.10. The smallest absolute Gasteiger partial charge is 0.114 e. The Balaban J connectivity index is 3.30. The van der Waals surface area contributed by atoms with Gasteiger partial charge in [-0.15, -0.1) is 0 Å². The third-order valence-electron chi connectivity index (χ3n) is 7.10. The van der Waals surface area contributed by atoms with Crippen molar-refractivity contribution >= 4 is 0 Å². The lowest BCUT2D eigenvalue weighted by atomic mass is 10.1. The van der Waals surface area contributed by atoms with Crippen molar-refractivity contribution < 1.29 is 35.7 Å². The Morgan fingerprint density at radius 3 is 0.864 bits per heavy atom. The second-order valence-electron chi connectivity index (χ2n) is 10.8. The average Bonchev–Trinajstić information content (AvgIpc) is 2.98. The van der Waals surface area contributed by atoms with Crippen LogP contribution in [0.4, 0.5) is 0 Å². The molecule has 0 fully saturated rings. The van der Waals surface area contributed by atoms with E-state index in [1.54, 1.807) is 102 Å². The van der Waals surface area contributed by atoms with E-state index in [-0.39, 0.29) is 41.0 Å². The van der Waals surface area contributed by atoms with Gasteiger partial charge in [0.05, 0.1) is 6.10 Å². The fourth-order valence-electron chi connectivity index (χ4n) is 3.90. The van der Waals surface area contributed by atoms with E-state index in [2.05, 4.69) is 0 Å². The van der Waals surface area contributed by atoms with Crippen LogP contribution in [0.1, 0.15) is 80.1 Å². The van der Waals surface area contributed by atoms with Gasteiger partial charge in [0.25, 0.3) is 0 Å². The molecule has 0 aliphatic heterocycles. The van der Waals surface area contributed by atoms with Crippen LogP contribution in [0.15, 0.2) is 141 Å². The topological polar surface area (TPSA) is 142 Å². The maximum absolute atomic E-state index is 10.4. The van der Waals surface area contributed by atoms with Crippen molar-refractivity contribution in [2.45, 2.75) is 86.2 Å². The van der Waals surface area contributed by atoms with Crippen molar-refractivity contribution in [2.24, 2.45) is 0 Å². The van der Waals surface area contributed by atoms with Gasteiger partial charge in [-0.3, -0.25) is 0 Å². The van der Waals surface area contributed by atoms with Gasteiger partial charge in [0.15, 0.2) is 0 Å². The van der Waals surface area contributed by atoms with Gasteiger partial charge < -0.3 is 35.7 Å². The summed E-state index contributed by atoms with van der Waals surface area (Å²) in [4.78, 5) is 0. The normalized spacial score (nSPS) is 32.5. The minimum atomic E-state index is -0.926. The number of aliphatic hydroxyl groups is 7. The van der Waals surface area contributed by atoms with Crippen molar-refractivity contribution in [3.05, 3.63) is 141 Å². The lowest BCUT2D eigenvalue weighted by Crippen LogP contribution is -2.03. The molecule has 240 valence electrons. The first kappa shape index (κ1) is 37.7. The van der Waals surface area contributed by atoms with Crippen LogP contribution in [-0.2, 0) is 0 Å². The lowest BCUT2D eigenvalue weighted by Gasteiger charge is -2.07. The lowest BCUT2D eigenvalue weighted by molar-refractivity contribution is 0.223. The van der Waals surface area contributed by atoms with E-state index >= 15 is 0 Å². The Kier molecular flexibility index (Phi) is 16.9. The summed E-state index contributed by atoms with van der Waals surface area (Å²) in [7, 11) is 0. The summed E-state index contributed by atoms with van der Waals surface area (Å²) in [5.41, 5.74) is 3.65. The first-order chi connectivity index (χ1) is 20.7. The number of hydrogen-bond donors (Lipinski definition) is 7. The fourth-order valence-corrected chi connectivity index (χ4v) is 3.90. The van der Waals surface area contributed by atoms with Crippen LogP contribution in [0.2, 0.25) is 0 Å². The van der Waals surface area contributed by atoms with Gasteiger partial charge in [-0.2, -0.15) is 0 Å². The molecule has 0 aromatic carbocycles. The summed E-state index contributed by atoms with van der Waals surface area (Å²) in [5, 5.41) is 72.6. The van der Waals surface area contributed by atoms with Gasteiger partial charge in [0.1, 0.15) is 34.6 Å². The molecule has 7 heteroatoms. The van der Waals surface area contributed by atoms with E-state index in [0.29, 0.717) is 65.5 Å². The molecular formula is C37H50O7. The van der Waals surface area contributed by atoms with Crippen molar-refractivity contribution in [1.82, 2.24) is 0 Å². The first-order valence-electron chi connectivity index (χ1n) is 14.8. The number of allylic oxidation sites excluding steroid dienone is 16. The van der Waals surface area contributed by atoms with Crippen molar-refractivity contribution in [2.75, 3.05) is 0 Å². The quantitative estimate of drug-likeness (QED) is 0.145. The average molecular weight is 607 g/mol. The SMILES string of the molecule is CC1=CC/C=C(O)\C(C)=C/C/C=C(O)\C(C)=C/C(O)C/C=C(O)\C(C)=C/C/C=C(O)\C(C)=C/C/C=C(O)\C(C)=C/CC=C1O. The highest BCUT2D eigenvalue weighted by molar-refractivity contribution is 5.31. The van der Waals surface area contributed by atoms with E-state index < -0.39 is 6.10 Å². The van der Waals surface area contributed by atoms with Crippen LogP contribution < -0.4 is 0 Å². The number of rotatable bonds is 0. The molecule has 0 amide bonds. The van der Waals surface area contributed by atoms with Gasteiger partial charge in [0.2, 0.25) is 0 Å². The Morgan fingerprint density at radius 2 is 0.591 bits per heavy atom. The van der Waals surface area contributed by atoms with Crippen LogP contribution in [0.3, 0.4) is 0 Å². The molecule has 7 nitrogen and oxygen atoms in total.